The number of aromatic nitrogens is 3. The lowest BCUT2D eigenvalue weighted by Gasteiger charge is -2.31. The summed E-state index contributed by atoms with van der Waals surface area (Å²) in [6.07, 6.45) is 4.35. The minimum atomic E-state index is -0.294. The molecule has 0 saturated carbocycles. The Morgan fingerprint density at radius 2 is 1.94 bits per heavy atom. The maximum Gasteiger partial charge on any atom is 0.409 e. The molecule has 0 radical (unpaired) electrons. The molecule has 0 spiro atoms. The van der Waals surface area contributed by atoms with Crippen LogP contribution in [-0.2, 0) is 4.74 Å². The van der Waals surface area contributed by atoms with Crippen LogP contribution in [0.1, 0.15) is 41.3 Å². The Bertz CT molecular complexity index is 1120. The van der Waals surface area contributed by atoms with Gasteiger partial charge in [0.05, 0.1) is 18.5 Å². The van der Waals surface area contributed by atoms with E-state index in [-0.39, 0.29) is 18.0 Å². The van der Waals surface area contributed by atoms with Crippen molar-refractivity contribution in [3.8, 4) is 11.3 Å². The fourth-order valence-corrected chi connectivity index (χ4v) is 3.86. The Morgan fingerprint density at radius 1 is 1.16 bits per heavy atom. The van der Waals surface area contributed by atoms with Gasteiger partial charge in [-0.25, -0.2) is 14.3 Å². The summed E-state index contributed by atoms with van der Waals surface area (Å²) in [5, 5.41) is 7.51. The summed E-state index contributed by atoms with van der Waals surface area (Å²) >= 11 is 0. The van der Waals surface area contributed by atoms with E-state index in [0.717, 1.165) is 11.3 Å². The minimum Gasteiger partial charge on any atom is -0.450 e. The Hall–Kier alpha value is -3.42. The number of ether oxygens (including phenoxy) is 1. The molecule has 2 amide bonds. The monoisotopic (exact) mass is 421 g/mol. The molecule has 3 aromatic rings. The van der Waals surface area contributed by atoms with Gasteiger partial charge in [0.25, 0.3) is 5.91 Å². The molecule has 1 fully saturated rings. The number of rotatable bonds is 4. The molecular formula is C23H27N5O3. The van der Waals surface area contributed by atoms with Gasteiger partial charge in [-0.1, -0.05) is 12.1 Å². The van der Waals surface area contributed by atoms with Crippen LogP contribution in [0, 0.1) is 13.8 Å². The molecule has 2 aromatic heterocycles. The lowest BCUT2D eigenvalue weighted by atomic mass is 10.0. The molecule has 8 nitrogen and oxygen atoms in total. The van der Waals surface area contributed by atoms with Gasteiger partial charge in [-0.3, -0.25) is 4.79 Å². The summed E-state index contributed by atoms with van der Waals surface area (Å²) in [6, 6.07) is 8.14. The lowest BCUT2D eigenvalue weighted by molar-refractivity contribution is 0.0861. The summed E-state index contributed by atoms with van der Waals surface area (Å²) in [7, 11) is 0. The first-order valence-electron chi connectivity index (χ1n) is 10.6. The van der Waals surface area contributed by atoms with E-state index in [4.69, 9.17) is 4.74 Å². The van der Waals surface area contributed by atoms with E-state index in [2.05, 4.69) is 47.4 Å². The lowest BCUT2D eigenvalue weighted by Crippen LogP contribution is -2.46. The van der Waals surface area contributed by atoms with Crippen LogP contribution in [0.25, 0.3) is 16.9 Å². The third-order valence-corrected chi connectivity index (χ3v) is 5.80. The van der Waals surface area contributed by atoms with Crippen molar-refractivity contribution in [1.29, 1.82) is 0 Å². The van der Waals surface area contributed by atoms with Gasteiger partial charge < -0.3 is 15.0 Å². The van der Waals surface area contributed by atoms with Crippen molar-refractivity contribution < 1.29 is 14.3 Å². The van der Waals surface area contributed by atoms with Gasteiger partial charge in [-0.2, -0.15) is 5.10 Å². The highest BCUT2D eigenvalue weighted by atomic mass is 16.6. The molecule has 0 atom stereocenters. The van der Waals surface area contributed by atoms with E-state index in [1.807, 2.05) is 6.07 Å². The Morgan fingerprint density at radius 3 is 2.65 bits per heavy atom. The zero-order valence-electron chi connectivity index (χ0n) is 18.1. The first-order valence-corrected chi connectivity index (χ1v) is 10.6. The van der Waals surface area contributed by atoms with Crippen molar-refractivity contribution in [2.45, 2.75) is 39.7 Å². The largest absolute Gasteiger partial charge is 0.450 e. The number of hydrogen-bond donors (Lipinski definition) is 1. The van der Waals surface area contributed by atoms with Crippen molar-refractivity contribution in [2.75, 3.05) is 19.7 Å². The first-order chi connectivity index (χ1) is 15.0. The predicted molar refractivity (Wildman–Crippen MR) is 117 cm³/mol. The van der Waals surface area contributed by atoms with Crippen LogP contribution in [0.3, 0.4) is 0 Å². The number of nitrogens with zero attached hydrogens (tertiary/aromatic N) is 4. The van der Waals surface area contributed by atoms with Crippen molar-refractivity contribution >= 4 is 17.6 Å². The number of carbonyl (C=O) groups is 2. The molecular weight excluding hydrogens is 394 g/mol. The molecule has 8 heteroatoms. The van der Waals surface area contributed by atoms with Crippen LogP contribution in [0.4, 0.5) is 4.79 Å². The Kier molecular flexibility index (Phi) is 5.88. The second-order valence-corrected chi connectivity index (χ2v) is 7.86. The molecule has 0 bridgehead atoms. The van der Waals surface area contributed by atoms with E-state index >= 15 is 0 Å². The van der Waals surface area contributed by atoms with Crippen LogP contribution in [0.15, 0.2) is 36.7 Å². The summed E-state index contributed by atoms with van der Waals surface area (Å²) in [5.41, 5.74) is 5.30. The molecule has 4 rings (SSSR count). The maximum atomic E-state index is 12.9. The molecule has 1 aliphatic rings. The highest BCUT2D eigenvalue weighted by Crippen LogP contribution is 2.23. The van der Waals surface area contributed by atoms with Gasteiger partial charge in [0.15, 0.2) is 5.65 Å². The number of fused-ring (bicyclic) bond motifs is 1. The molecule has 1 aromatic carbocycles. The topological polar surface area (TPSA) is 88.8 Å². The molecule has 1 N–H and O–H groups in total. The smallest absolute Gasteiger partial charge is 0.409 e. The highest BCUT2D eigenvalue weighted by Gasteiger charge is 2.26. The SMILES string of the molecule is CCOC(=O)N1CCC(NC(=O)c2cnn3c(-c4ccc(C)c(C)c4)ccnc23)CC1. The van der Waals surface area contributed by atoms with E-state index in [1.165, 1.54) is 11.1 Å². The minimum absolute atomic E-state index is 0.00365. The van der Waals surface area contributed by atoms with E-state index in [9.17, 15) is 9.59 Å². The van der Waals surface area contributed by atoms with E-state index in [1.54, 1.807) is 28.7 Å². The summed E-state index contributed by atoms with van der Waals surface area (Å²) in [6.45, 7) is 7.44. The van der Waals surface area contributed by atoms with Crippen LogP contribution >= 0.6 is 0 Å². The van der Waals surface area contributed by atoms with Gasteiger partial charge >= 0.3 is 6.09 Å². The average molecular weight is 422 g/mol. The Balaban J connectivity index is 1.50. The van der Waals surface area contributed by atoms with Gasteiger partial charge in [0.1, 0.15) is 5.56 Å². The van der Waals surface area contributed by atoms with Crippen LogP contribution in [0.5, 0.6) is 0 Å². The van der Waals surface area contributed by atoms with E-state index < -0.39 is 0 Å². The third kappa shape index (κ3) is 4.23. The van der Waals surface area contributed by atoms with Crippen molar-refractivity contribution in [3.63, 3.8) is 0 Å². The standard InChI is InChI=1S/C23H27N5O3/c1-4-31-23(30)27-11-8-18(9-12-27)26-22(29)19-14-25-28-20(7-10-24-21(19)28)17-6-5-15(2)16(3)13-17/h5-7,10,13-14,18H,4,8-9,11-12H2,1-3H3,(H,26,29). The molecule has 1 saturated heterocycles. The summed E-state index contributed by atoms with van der Waals surface area (Å²) < 4.78 is 6.76. The van der Waals surface area contributed by atoms with Gasteiger partial charge in [-0.05, 0) is 56.9 Å². The first kappa shape index (κ1) is 20.8. The van der Waals surface area contributed by atoms with Gasteiger partial charge in [-0.15, -0.1) is 0 Å². The molecule has 0 aliphatic carbocycles. The zero-order valence-corrected chi connectivity index (χ0v) is 18.1. The van der Waals surface area contributed by atoms with Gasteiger partial charge in [0, 0.05) is 30.9 Å². The number of nitrogens with one attached hydrogen (secondary N) is 1. The maximum absolute atomic E-state index is 12.9. The van der Waals surface area contributed by atoms with Crippen molar-refractivity contribution in [1.82, 2.24) is 24.8 Å². The number of carbonyl (C=O) groups excluding carboxylic acids is 2. The zero-order chi connectivity index (χ0) is 22.0. The molecule has 3 heterocycles. The fraction of sp³-hybridized carbons (Fsp3) is 0.391. The predicted octanol–water partition coefficient (Wildman–Crippen LogP) is 3.36. The third-order valence-electron chi connectivity index (χ3n) is 5.80. The average Bonchev–Trinajstić information content (AvgIpc) is 3.21. The van der Waals surface area contributed by atoms with Crippen molar-refractivity contribution in [2.24, 2.45) is 0 Å². The molecule has 1 aliphatic heterocycles. The summed E-state index contributed by atoms with van der Waals surface area (Å²) in [4.78, 5) is 30.9. The Labute approximate surface area is 181 Å². The fourth-order valence-electron chi connectivity index (χ4n) is 3.86. The quantitative estimate of drug-likeness (QED) is 0.698. The van der Waals surface area contributed by atoms with E-state index in [0.29, 0.717) is 43.7 Å². The second kappa shape index (κ2) is 8.75. The number of amides is 2. The van der Waals surface area contributed by atoms with Crippen LogP contribution in [-0.4, -0.2) is 57.2 Å². The number of aryl methyl sites for hydroxylation is 2. The molecule has 162 valence electrons. The number of likely N-dealkylation sites (tertiary alicyclic amines) is 1. The van der Waals surface area contributed by atoms with Gasteiger partial charge in [0.2, 0.25) is 0 Å². The second-order valence-electron chi connectivity index (χ2n) is 7.86. The number of piperidine rings is 1. The van der Waals surface area contributed by atoms with Crippen LogP contribution in [0.2, 0.25) is 0 Å². The number of benzene rings is 1. The van der Waals surface area contributed by atoms with Crippen LogP contribution < -0.4 is 5.32 Å². The van der Waals surface area contributed by atoms with Crippen molar-refractivity contribution in [3.05, 3.63) is 53.3 Å². The number of hydrogen-bond acceptors (Lipinski definition) is 5. The normalized spacial score (nSPS) is 14.6. The highest BCUT2D eigenvalue weighted by molar-refractivity contribution is 6.00. The summed E-state index contributed by atoms with van der Waals surface area (Å²) in [5.74, 6) is -0.200. The molecule has 31 heavy (non-hydrogen) atoms. The molecule has 0 unspecified atom stereocenters.